The third-order valence-corrected chi connectivity index (χ3v) is 5.25. The second-order valence-electron chi connectivity index (χ2n) is 10.1. The number of amides is 4. The molecule has 1 heterocycles. The van der Waals surface area contributed by atoms with Crippen LogP contribution in [0.25, 0.3) is 0 Å². The first-order chi connectivity index (χ1) is 16.5. The highest BCUT2D eigenvalue weighted by atomic mass is 16.6. The summed E-state index contributed by atoms with van der Waals surface area (Å²) in [5.41, 5.74) is 5.50. The molecule has 35 heavy (non-hydrogen) atoms. The van der Waals surface area contributed by atoms with E-state index >= 15 is 0 Å². The van der Waals surface area contributed by atoms with E-state index in [2.05, 4.69) is 16.2 Å². The van der Waals surface area contributed by atoms with Gasteiger partial charge in [-0.05, 0) is 51.5 Å². The van der Waals surface area contributed by atoms with E-state index in [9.17, 15) is 19.2 Å². The Hall–Kier alpha value is -3.14. The molecule has 1 saturated heterocycles. The molecule has 1 aromatic rings. The fourth-order valence-corrected chi connectivity index (χ4v) is 3.60. The van der Waals surface area contributed by atoms with Gasteiger partial charge < -0.3 is 14.8 Å². The number of hydrogen-bond acceptors (Lipinski definition) is 7. The Balaban J connectivity index is 1.84. The van der Waals surface area contributed by atoms with E-state index in [0.29, 0.717) is 25.8 Å². The lowest BCUT2D eigenvalue weighted by Crippen LogP contribution is -2.54. The molecule has 0 radical (unpaired) electrons. The van der Waals surface area contributed by atoms with Crippen molar-refractivity contribution in [1.82, 2.24) is 21.1 Å². The largest absolute Gasteiger partial charge is 0.445 e. The summed E-state index contributed by atoms with van der Waals surface area (Å²) in [4.78, 5) is 51.2. The second kappa shape index (κ2) is 13.1. The third-order valence-electron chi connectivity index (χ3n) is 5.25. The van der Waals surface area contributed by atoms with Crippen LogP contribution in [0.15, 0.2) is 30.3 Å². The van der Waals surface area contributed by atoms with Crippen molar-refractivity contribution >= 4 is 24.0 Å². The molecule has 1 aromatic carbocycles. The normalized spacial score (nSPS) is 17.0. The molecule has 0 spiro atoms. The molecule has 1 aliphatic rings. The zero-order valence-corrected chi connectivity index (χ0v) is 21.3. The molecule has 0 aromatic heterocycles. The Morgan fingerprint density at radius 1 is 1.14 bits per heavy atom. The zero-order valence-electron chi connectivity index (χ0n) is 21.3. The van der Waals surface area contributed by atoms with Crippen molar-refractivity contribution in [2.45, 2.75) is 72.1 Å². The van der Waals surface area contributed by atoms with Crippen LogP contribution in [0.5, 0.6) is 0 Å². The van der Waals surface area contributed by atoms with Crippen LogP contribution in [-0.2, 0) is 25.7 Å². The number of imide groups is 1. The predicted octanol–water partition coefficient (Wildman–Crippen LogP) is 3.12. The molecule has 3 N–H and O–H groups in total. The summed E-state index contributed by atoms with van der Waals surface area (Å²) in [5.74, 6) is -1.12. The van der Waals surface area contributed by atoms with E-state index in [4.69, 9.17) is 9.47 Å². The number of nitrogens with zero attached hydrogens (tertiary/aromatic N) is 1. The summed E-state index contributed by atoms with van der Waals surface area (Å²) in [6.07, 6.45) is 0.288. The van der Waals surface area contributed by atoms with E-state index in [0.717, 1.165) is 10.5 Å². The van der Waals surface area contributed by atoms with Gasteiger partial charge in [-0.25, -0.2) is 19.9 Å². The lowest BCUT2D eigenvalue weighted by molar-refractivity contribution is -0.137. The molecule has 1 fully saturated rings. The van der Waals surface area contributed by atoms with Crippen LogP contribution in [0.3, 0.4) is 0 Å². The Kier molecular flexibility index (Phi) is 10.5. The number of piperidine rings is 1. The molecule has 2 atom stereocenters. The molecule has 10 heteroatoms. The van der Waals surface area contributed by atoms with Gasteiger partial charge in [-0.1, -0.05) is 44.2 Å². The summed E-state index contributed by atoms with van der Waals surface area (Å²) < 4.78 is 10.5. The van der Waals surface area contributed by atoms with Gasteiger partial charge in [-0.3, -0.25) is 15.0 Å². The maximum absolute atomic E-state index is 12.7. The van der Waals surface area contributed by atoms with Gasteiger partial charge in [0.25, 0.3) is 5.91 Å². The van der Waals surface area contributed by atoms with Gasteiger partial charge in [-0.15, -0.1) is 0 Å². The van der Waals surface area contributed by atoms with Gasteiger partial charge in [0.1, 0.15) is 18.2 Å². The number of benzene rings is 1. The van der Waals surface area contributed by atoms with Crippen molar-refractivity contribution < 1.29 is 28.7 Å². The van der Waals surface area contributed by atoms with Gasteiger partial charge in [0.15, 0.2) is 0 Å². The molecule has 0 saturated carbocycles. The van der Waals surface area contributed by atoms with Crippen LogP contribution in [-0.4, -0.2) is 53.6 Å². The standard InChI is InChI=1S/C25H38N4O6/c1-17(2)14-20(27-23(32)34-16-18-10-7-6-8-11-18)21(30)28-26-15-19-12-9-13-29(22(19)31)24(33)35-25(3,4)5/h6-8,10-11,17,19-20,26H,9,12-16H2,1-5H3,(H,27,32)(H,28,30). The van der Waals surface area contributed by atoms with Crippen molar-refractivity contribution in [2.24, 2.45) is 11.8 Å². The summed E-state index contributed by atoms with van der Waals surface area (Å²) in [6, 6.07) is 8.43. The molecule has 10 nitrogen and oxygen atoms in total. The molecular weight excluding hydrogens is 452 g/mol. The third kappa shape index (κ3) is 9.94. The van der Waals surface area contributed by atoms with E-state index in [-0.39, 0.29) is 25.0 Å². The monoisotopic (exact) mass is 490 g/mol. The van der Waals surface area contributed by atoms with Gasteiger partial charge in [-0.2, -0.15) is 0 Å². The number of nitrogens with one attached hydrogen (secondary N) is 3. The smallest absolute Gasteiger partial charge is 0.417 e. The Labute approximate surface area is 207 Å². The molecular formula is C25H38N4O6. The second-order valence-corrected chi connectivity index (χ2v) is 10.1. The number of rotatable bonds is 9. The highest BCUT2D eigenvalue weighted by Crippen LogP contribution is 2.20. The summed E-state index contributed by atoms with van der Waals surface area (Å²) in [7, 11) is 0. The number of carbonyl (C=O) groups excluding carboxylic acids is 4. The number of carbonyl (C=O) groups is 4. The lowest BCUT2D eigenvalue weighted by atomic mass is 9.97. The minimum absolute atomic E-state index is 0.0961. The van der Waals surface area contributed by atoms with Gasteiger partial charge in [0, 0.05) is 13.1 Å². The van der Waals surface area contributed by atoms with Crippen LogP contribution >= 0.6 is 0 Å². The molecule has 0 aliphatic carbocycles. The van der Waals surface area contributed by atoms with Crippen molar-refractivity contribution in [2.75, 3.05) is 13.1 Å². The van der Waals surface area contributed by atoms with Crippen LogP contribution in [0.4, 0.5) is 9.59 Å². The average molecular weight is 491 g/mol. The maximum Gasteiger partial charge on any atom is 0.417 e. The molecule has 194 valence electrons. The van der Waals surface area contributed by atoms with E-state index in [1.54, 1.807) is 20.8 Å². The topological polar surface area (TPSA) is 126 Å². The number of likely N-dealkylation sites (tertiary alicyclic amines) is 1. The highest BCUT2D eigenvalue weighted by Gasteiger charge is 2.35. The van der Waals surface area contributed by atoms with Crippen LogP contribution < -0.4 is 16.2 Å². The summed E-state index contributed by atoms with van der Waals surface area (Å²) >= 11 is 0. The molecule has 2 unspecified atom stereocenters. The van der Waals surface area contributed by atoms with Gasteiger partial charge in [0.05, 0.1) is 5.92 Å². The number of ether oxygens (including phenoxy) is 2. The fourth-order valence-electron chi connectivity index (χ4n) is 3.60. The minimum atomic E-state index is -0.814. The predicted molar refractivity (Wildman–Crippen MR) is 130 cm³/mol. The Bertz CT molecular complexity index is 868. The first-order valence-electron chi connectivity index (χ1n) is 12.0. The minimum Gasteiger partial charge on any atom is -0.445 e. The molecule has 4 amide bonds. The van der Waals surface area contributed by atoms with E-state index in [1.807, 2.05) is 44.2 Å². The Morgan fingerprint density at radius 3 is 2.46 bits per heavy atom. The van der Waals surface area contributed by atoms with Gasteiger partial charge in [0.2, 0.25) is 5.91 Å². The number of alkyl carbamates (subject to hydrolysis) is 1. The average Bonchev–Trinajstić information content (AvgIpc) is 2.77. The Morgan fingerprint density at radius 2 is 1.83 bits per heavy atom. The van der Waals surface area contributed by atoms with Crippen molar-refractivity contribution in [3.63, 3.8) is 0 Å². The van der Waals surface area contributed by atoms with Crippen LogP contribution in [0.1, 0.15) is 59.4 Å². The molecule has 1 aliphatic heterocycles. The van der Waals surface area contributed by atoms with Crippen LogP contribution in [0.2, 0.25) is 0 Å². The SMILES string of the molecule is CC(C)CC(NC(=O)OCc1ccccc1)C(=O)NNCC1CCCN(C(=O)OC(C)(C)C)C1=O. The van der Waals surface area contributed by atoms with Gasteiger partial charge >= 0.3 is 12.2 Å². The first-order valence-corrected chi connectivity index (χ1v) is 12.0. The van der Waals surface area contributed by atoms with E-state index in [1.165, 1.54) is 0 Å². The summed E-state index contributed by atoms with van der Waals surface area (Å²) in [6.45, 7) is 9.66. The fraction of sp³-hybridized carbons (Fsp3) is 0.600. The van der Waals surface area contributed by atoms with E-state index < -0.39 is 35.7 Å². The highest BCUT2D eigenvalue weighted by molar-refractivity contribution is 5.94. The molecule has 2 rings (SSSR count). The number of hydrogen-bond donors (Lipinski definition) is 3. The number of hydrazine groups is 1. The van der Waals surface area contributed by atoms with Crippen molar-refractivity contribution in [3.05, 3.63) is 35.9 Å². The maximum atomic E-state index is 12.7. The summed E-state index contributed by atoms with van der Waals surface area (Å²) in [5, 5.41) is 2.61. The first kappa shape index (κ1) is 28.1. The van der Waals surface area contributed by atoms with Crippen molar-refractivity contribution in [3.8, 4) is 0 Å². The van der Waals surface area contributed by atoms with Crippen molar-refractivity contribution in [1.29, 1.82) is 0 Å². The zero-order chi connectivity index (χ0) is 26.0. The quantitative estimate of drug-likeness (QED) is 0.454. The molecule has 0 bridgehead atoms. The lowest BCUT2D eigenvalue weighted by Gasteiger charge is -2.32. The van der Waals surface area contributed by atoms with Crippen LogP contribution in [0, 0.1) is 11.8 Å².